The second-order valence-electron chi connectivity index (χ2n) is 5.82. The van der Waals surface area contributed by atoms with Crippen molar-refractivity contribution in [1.82, 2.24) is 10.6 Å². The molecule has 2 aromatic carbocycles. The molecule has 0 saturated carbocycles. The number of rotatable bonds is 5. The molecule has 2 aromatic rings. The first kappa shape index (κ1) is 19.6. The number of esters is 1. The number of nitrogens with one attached hydrogen (secondary N) is 2. The van der Waals surface area contributed by atoms with Gasteiger partial charge in [-0.25, -0.2) is 9.59 Å². The number of ether oxygens (including phenoxy) is 3. The van der Waals surface area contributed by atoms with Gasteiger partial charge in [-0.05, 0) is 48.0 Å². The minimum absolute atomic E-state index is 0.0929. The highest BCUT2D eigenvalue weighted by molar-refractivity contribution is 6.31. The Morgan fingerprint density at radius 2 is 1.52 bits per heavy atom. The largest absolute Gasteiger partial charge is 0.497 e. The predicted molar refractivity (Wildman–Crippen MR) is 101 cm³/mol. The molecule has 0 radical (unpaired) electrons. The number of amides is 4. The molecule has 0 unspecified atom stereocenters. The standard InChI is InChI=1S/C20H16N2O7/c1-27-13-6-4-12(5-7-13)19(25)29-16-10-11(3-8-15(16)28-2)9-14-17(23)21-20(26)22-18(14)24/h3-10H,1-2H3,(H2,21,22,23,24,26). The second kappa shape index (κ2) is 8.26. The molecule has 4 amide bonds. The van der Waals surface area contributed by atoms with Crippen molar-refractivity contribution in [3.8, 4) is 17.2 Å². The highest BCUT2D eigenvalue weighted by Gasteiger charge is 2.27. The quantitative estimate of drug-likeness (QED) is 0.341. The maximum atomic E-state index is 12.4. The Labute approximate surface area is 165 Å². The van der Waals surface area contributed by atoms with E-state index in [1.807, 2.05) is 10.6 Å². The van der Waals surface area contributed by atoms with Gasteiger partial charge in [-0.1, -0.05) is 6.07 Å². The zero-order chi connectivity index (χ0) is 21.0. The molecule has 9 nitrogen and oxygen atoms in total. The van der Waals surface area contributed by atoms with Crippen molar-refractivity contribution in [3.05, 3.63) is 59.2 Å². The van der Waals surface area contributed by atoms with Crippen LogP contribution in [0.25, 0.3) is 6.08 Å². The molecule has 1 aliphatic heterocycles. The lowest BCUT2D eigenvalue weighted by molar-refractivity contribution is -0.123. The summed E-state index contributed by atoms with van der Waals surface area (Å²) in [7, 11) is 2.92. The van der Waals surface area contributed by atoms with Gasteiger partial charge in [0.1, 0.15) is 11.3 Å². The van der Waals surface area contributed by atoms with Gasteiger partial charge in [0, 0.05) is 0 Å². The molecule has 0 bridgehead atoms. The van der Waals surface area contributed by atoms with Crippen LogP contribution in [0, 0.1) is 0 Å². The van der Waals surface area contributed by atoms with Gasteiger partial charge in [0.2, 0.25) is 0 Å². The van der Waals surface area contributed by atoms with Gasteiger partial charge in [0.15, 0.2) is 11.5 Å². The smallest absolute Gasteiger partial charge is 0.343 e. The van der Waals surface area contributed by atoms with Crippen LogP contribution in [0.3, 0.4) is 0 Å². The lowest BCUT2D eigenvalue weighted by Gasteiger charge is -2.14. The molecule has 3 rings (SSSR count). The first-order valence-corrected chi connectivity index (χ1v) is 8.34. The van der Waals surface area contributed by atoms with Gasteiger partial charge in [0.25, 0.3) is 11.8 Å². The molecule has 9 heteroatoms. The molecule has 0 aromatic heterocycles. The van der Waals surface area contributed by atoms with Gasteiger partial charge >= 0.3 is 12.0 Å². The normalized spacial score (nSPS) is 13.3. The molecule has 29 heavy (non-hydrogen) atoms. The molecule has 0 atom stereocenters. The maximum absolute atomic E-state index is 12.4. The van der Waals surface area contributed by atoms with Gasteiger partial charge in [-0.3, -0.25) is 20.2 Å². The minimum atomic E-state index is -0.888. The van der Waals surface area contributed by atoms with Crippen LogP contribution in [-0.4, -0.2) is 38.0 Å². The number of barbiturate groups is 1. The molecular formula is C20H16N2O7. The van der Waals surface area contributed by atoms with E-state index in [0.29, 0.717) is 16.9 Å². The third-order valence-corrected chi connectivity index (χ3v) is 3.97. The Morgan fingerprint density at radius 1 is 0.862 bits per heavy atom. The van der Waals surface area contributed by atoms with Crippen molar-refractivity contribution >= 4 is 29.9 Å². The number of imide groups is 2. The van der Waals surface area contributed by atoms with Crippen molar-refractivity contribution in [2.24, 2.45) is 0 Å². The molecule has 0 spiro atoms. The van der Waals surface area contributed by atoms with Crippen molar-refractivity contribution in [3.63, 3.8) is 0 Å². The van der Waals surface area contributed by atoms with Gasteiger partial charge in [-0.2, -0.15) is 0 Å². The molecule has 1 aliphatic rings. The number of hydrogen-bond acceptors (Lipinski definition) is 7. The van der Waals surface area contributed by atoms with E-state index >= 15 is 0 Å². The Morgan fingerprint density at radius 3 is 2.10 bits per heavy atom. The molecule has 2 N–H and O–H groups in total. The predicted octanol–water partition coefficient (Wildman–Crippen LogP) is 1.67. The van der Waals surface area contributed by atoms with Crippen LogP contribution in [0.5, 0.6) is 17.2 Å². The molecule has 148 valence electrons. The van der Waals surface area contributed by atoms with Gasteiger partial charge < -0.3 is 14.2 Å². The van der Waals surface area contributed by atoms with Crippen molar-refractivity contribution in [2.45, 2.75) is 0 Å². The van der Waals surface area contributed by atoms with E-state index in [2.05, 4.69) is 0 Å². The summed E-state index contributed by atoms with van der Waals surface area (Å²) in [4.78, 5) is 47.3. The third-order valence-electron chi connectivity index (χ3n) is 3.97. The Hall–Kier alpha value is -4.14. The monoisotopic (exact) mass is 396 g/mol. The van der Waals surface area contributed by atoms with Crippen LogP contribution in [0.1, 0.15) is 15.9 Å². The lowest BCUT2D eigenvalue weighted by Crippen LogP contribution is -2.51. The summed E-state index contributed by atoms with van der Waals surface area (Å²) in [6.07, 6.45) is 1.27. The number of carbonyl (C=O) groups excluding carboxylic acids is 4. The summed E-state index contributed by atoms with van der Waals surface area (Å²) < 4.78 is 15.7. The molecule has 0 aliphatic carbocycles. The first-order valence-electron chi connectivity index (χ1n) is 8.34. The van der Waals surface area contributed by atoms with E-state index in [-0.39, 0.29) is 17.1 Å². The van der Waals surface area contributed by atoms with E-state index < -0.39 is 23.8 Å². The number of carbonyl (C=O) groups is 4. The average Bonchev–Trinajstić information content (AvgIpc) is 2.71. The second-order valence-corrected chi connectivity index (χ2v) is 5.82. The fourth-order valence-corrected chi connectivity index (χ4v) is 2.52. The van der Waals surface area contributed by atoms with Gasteiger partial charge in [0.05, 0.1) is 19.8 Å². The fourth-order valence-electron chi connectivity index (χ4n) is 2.52. The summed E-state index contributed by atoms with van der Waals surface area (Å²) in [5.74, 6) is -1.32. The van der Waals surface area contributed by atoms with Crippen LogP contribution < -0.4 is 24.8 Å². The first-order chi connectivity index (χ1) is 13.9. The highest BCUT2D eigenvalue weighted by atomic mass is 16.6. The maximum Gasteiger partial charge on any atom is 0.343 e. The topological polar surface area (TPSA) is 120 Å². The summed E-state index contributed by atoms with van der Waals surface area (Å²) in [5.41, 5.74) is 0.418. The minimum Gasteiger partial charge on any atom is -0.497 e. The summed E-state index contributed by atoms with van der Waals surface area (Å²) in [6, 6.07) is 9.97. The van der Waals surface area contributed by atoms with E-state index in [4.69, 9.17) is 14.2 Å². The number of urea groups is 1. The summed E-state index contributed by atoms with van der Waals surface area (Å²) in [5, 5.41) is 3.96. The van der Waals surface area contributed by atoms with E-state index in [1.54, 1.807) is 30.3 Å². The Balaban J connectivity index is 1.88. The van der Waals surface area contributed by atoms with E-state index in [0.717, 1.165) is 0 Å². The van der Waals surface area contributed by atoms with Crippen molar-refractivity contribution < 1.29 is 33.4 Å². The van der Waals surface area contributed by atoms with Crippen molar-refractivity contribution in [1.29, 1.82) is 0 Å². The molecule has 1 saturated heterocycles. The highest BCUT2D eigenvalue weighted by Crippen LogP contribution is 2.30. The van der Waals surface area contributed by atoms with Crippen LogP contribution >= 0.6 is 0 Å². The zero-order valence-electron chi connectivity index (χ0n) is 15.5. The molecular weight excluding hydrogens is 380 g/mol. The van der Waals surface area contributed by atoms with Crippen LogP contribution in [0.15, 0.2) is 48.0 Å². The third kappa shape index (κ3) is 4.41. The molecule has 1 heterocycles. The van der Waals surface area contributed by atoms with Crippen molar-refractivity contribution in [2.75, 3.05) is 14.2 Å². The lowest BCUT2D eigenvalue weighted by atomic mass is 10.1. The van der Waals surface area contributed by atoms with Crippen LogP contribution in [-0.2, 0) is 9.59 Å². The van der Waals surface area contributed by atoms with E-state index in [9.17, 15) is 19.2 Å². The zero-order valence-corrected chi connectivity index (χ0v) is 15.5. The van der Waals surface area contributed by atoms with Crippen LogP contribution in [0.2, 0.25) is 0 Å². The van der Waals surface area contributed by atoms with E-state index in [1.165, 1.54) is 32.4 Å². The van der Waals surface area contributed by atoms with Crippen LogP contribution in [0.4, 0.5) is 4.79 Å². The van der Waals surface area contributed by atoms with Gasteiger partial charge in [-0.15, -0.1) is 0 Å². The SMILES string of the molecule is COc1ccc(C(=O)Oc2cc(C=C3C(=O)NC(=O)NC3=O)ccc2OC)cc1. The molecule has 1 fully saturated rings. The number of methoxy groups -OCH3 is 2. The Kier molecular flexibility index (Phi) is 5.59. The number of benzene rings is 2. The average molecular weight is 396 g/mol. The fraction of sp³-hybridized carbons (Fsp3) is 0.100. The Bertz CT molecular complexity index is 1000. The summed E-state index contributed by atoms with van der Waals surface area (Å²) >= 11 is 0. The number of hydrogen-bond donors (Lipinski definition) is 2. The summed E-state index contributed by atoms with van der Waals surface area (Å²) in [6.45, 7) is 0.